The molecule has 0 aromatic rings. The van der Waals surface area contributed by atoms with Gasteiger partial charge in [0.1, 0.15) is 0 Å². The van der Waals surface area contributed by atoms with Gasteiger partial charge in [0, 0.05) is 37.6 Å². The molecule has 0 saturated carbocycles. The van der Waals surface area contributed by atoms with E-state index in [-0.39, 0.29) is 42.6 Å². The van der Waals surface area contributed by atoms with Gasteiger partial charge in [0.2, 0.25) is 21.8 Å². The van der Waals surface area contributed by atoms with Crippen LogP contribution in [0.15, 0.2) is 0 Å². The Morgan fingerprint density at radius 1 is 1.20 bits per heavy atom. The number of piperidine rings is 1. The quantitative estimate of drug-likeness (QED) is 0.534. The third-order valence-corrected chi connectivity index (χ3v) is 6.20. The van der Waals surface area contributed by atoms with Crippen LogP contribution in [0.1, 0.15) is 46.0 Å². The molecule has 9 heteroatoms. The van der Waals surface area contributed by atoms with E-state index in [1.54, 1.807) is 25.8 Å². The van der Waals surface area contributed by atoms with Gasteiger partial charge in [0.05, 0.1) is 12.3 Å². The monoisotopic (exact) mass is 374 g/mol. The van der Waals surface area contributed by atoms with Crippen molar-refractivity contribution in [2.75, 3.05) is 19.3 Å². The normalized spacial score (nSPS) is 25.8. The first-order valence-electron chi connectivity index (χ1n) is 8.94. The van der Waals surface area contributed by atoms with Crippen molar-refractivity contribution in [1.29, 1.82) is 0 Å². The summed E-state index contributed by atoms with van der Waals surface area (Å²) < 4.78 is 26.2. The molecule has 0 aromatic heterocycles. The van der Waals surface area contributed by atoms with Crippen molar-refractivity contribution in [2.45, 2.75) is 70.1 Å². The van der Waals surface area contributed by atoms with Gasteiger partial charge in [0.25, 0.3) is 0 Å². The third-order valence-electron chi connectivity index (χ3n) is 4.88. The van der Waals surface area contributed by atoms with Crippen molar-refractivity contribution in [3.8, 4) is 0 Å². The lowest BCUT2D eigenvalue weighted by atomic mass is 9.98. The van der Waals surface area contributed by atoms with E-state index in [0.29, 0.717) is 12.1 Å². The molecule has 144 valence electrons. The van der Waals surface area contributed by atoms with Gasteiger partial charge in [-0.1, -0.05) is 0 Å². The summed E-state index contributed by atoms with van der Waals surface area (Å²) in [6.07, 6.45) is 4.09. The Morgan fingerprint density at radius 3 is 2.36 bits per heavy atom. The summed E-state index contributed by atoms with van der Waals surface area (Å²) in [5.41, 5.74) is 0. The fraction of sp³-hybridized carbons (Fsp3) is 0.875. The number of amides is 2. The smallest absolute Gasteiger partial charge is 0.235 e. The standard InChI is InChI=1S/C16H30N4O4S/c1-11(2)18-15(21)10-17-25(23,24)7-6-16(22)20(3)14-8-12-4-5-13(9-14)19-12/h11-14,17,19H,4-10H2,1-3H3,(H,18,21). The van der Waals surface area contributed by atoms with Crippen LogP contribution in [-0.4, -0.2) is 68.6 Å². The second kappa shape index (κ2) is 8.46. The molecule has 3 N–H and O–H groups in total. The number of fused-ring (bicyclic) bond motifs is 2. The number of carbonyl (C=O) groups is 2. The number of hydrogen-bond acceptors (Lipinski definition) is 5. The van der Waals surface area contributed by atoms with Gasteiger partial charge < -0.3 is 15.5 Å². The summed E-state index contributed by atoms with van der Waals surface area (Å²) in [6, 6.07) is 1.08. The molecule has 0 radical (unpaired) electrons. The maximum atomic E-state index is 12.3. The molecule has 25 heavy (non-hydrogen) atoms. The highest BCUT2D eigenvalue weighted by molar-refractivity contribution is 7.89. The zero-order valence-corrected chi connectivity index (χ0v) is 16.1. The number of nitrogens with one attached hydrogen (secondary N) is 3. The summed E-state index contributed by atoms with van der Waals surface area (Å²) in [5.74, 6) is -0.848. The van der Waals surface area contributed by atoms with Crippen molar-refractivity contribution in [1.82, 2.24) is 20.3 Å². The highest BCUT2D eigenvalue weighted by Gasteiger charge is 2.36. The van der Waals surface area contributed by atoms with Gasteiger partial charge in [-0.25, -0.2) is 13.1 Å². The van der Waals surface area contributed by atoms with Gasteiger partial charge >= 0.3 is 0 Å². The van der Waals surface area contributed by atoms with Crippen LogP contribution in [0.4, 0.5) is 0 Å². The highest BCUT2D eigenvalue weighted by Crippen LogP contribution is 2.29. The Balaban J connectivity index is 1.75. The lowest BCUT2D eigenvalue weighted by Gasteiger charge is -2.35. The second-order valence-electron chi connectivity index (χ2n) is 7.38. The molecule has 2 fully saturated rings. The van der Waals surface area contributed by atoms with E-state index >= 15 is 0 Å². The Kier molecular flexibility index (Phi) is 6.81. The molecule has 2 aliphatic rings. The molecule has 0 aliphatic carbocycles. The predicted octanol–water partition coefficient (Wildman–Crippen LogP) is -0.438. The summed E-state index contributed by atoms with van der Waals surface area (Å²) in [4.78, 5) is 25.5. The first-order chi connectivity index (χ1) is 11.7. The average molecular weight is 375 g/mol. The van der Waals surface area contributed by atoms with E-state index in [4.69, 9.17) is 0 Å². The fourth-order valence-electron chi connectivity index (χ4n) is 3.57. The summed E-state index contributed by atoms with van der Waals surface area (Å²) in [5, 5.41) is 6.14. The maximum absolute atomic E-state index is 12.3. The van der Waals surface area contributed by atoms with E-state index in [1.165, 1.54) is 0 Å². The highest BCUT2D eigenvalue weighted by atomic mass is 32.2. The van der Waals surface area contributed by atoms with Gasteiger partial charge in [-0.15, -0.1) is 0 Å². The van der Waals surface area contributed by atoms with Crippen LogP contribution in [0.2, 0.25) is 0 Å². The first-order valence-corrected chi connectivity index (χ1v) is 10.6. The van der Waals surface area contributed by atoms with Gasteiger partial charge in [-0.05, 0) is 39.5 Å². The number of nitrogens with zero attached hydrogens (tertiary/aromatic N) is 1. The third kappa shape index (κ3) is 6.23. The van der Waals surface area contributed by atoms with Crippen molar-refractivity contribution >= 4 is 21.8 Å². The average Bonchev–Trinajstić information content (AvgIpc) is 2.87. The molecular formula is C16H30N4O4S. The van der Waals surface area contributed by atoms with E-state index in [9.17, 15) is 18.0 Å². The fourth-order valence-corrected chi connectivity index (χ4v) is 4.50. The van der Waals surface area contributed by atoms with Crippen molar-refractivity contribution in [2.24, 2.45) is 0 Å². The van der Waals surface area contributed by atoms with Gasteiger partial charge in [-0.3, -0.25) is 9.59 Å². The van der Waals surface area contributed by atoms with Crippen LogP contribution < -0.4 is 15.4 Å². The number of sulfonamides is 1. The minimum atomic E-state index is -3.65. The van der Waals surface area contributed by atoms with Crippen molar-refractivity contribution < 1.29 is 18.0 Å². The van der Waals surface area contributed by atoms with Crippen LogP contribution in [0, 0.1) is 0 Å². The Hall–Kier alpha value is -1.19. The van der Waals surface area contributed by atoms with Crippen molar-refractivity contribution in [3.05, 3.63) is 0 Å². The minimum Gasteiger partial charge on any atom is -0.353 e. The van der Waals surface area contributed by atoms with Gasteiger partial charge in [-0.2, -0.15) is 0 Å². The summed E-state index contributed by atoms with van der Waals surface area (Å²) in [7, 11) is -1.89. The van der Waals surface area contributed by atoms with E-state index < -0.39 is 10.0 Å². The molecule has 2 heterocycles. The zero-order chi connectivity index (χ0) is 18.6. The summed E-state index contributed by atoms with van der Waals surface area (Å²) in [6.45, 7) is 3.30. The Morgan fingerprint density at radius 2 is 1.80 bits per heavy atom. The summed E-state index contributed by atoms with van der Waals surface area (Å²) >= 11 is 0. The largest absolute Gasteiger partial charge is 0.353 e. The Bertz CT molecular complexity index is 581. The zero-order valence-electron chi connectivity index (χ0n) is 15.2. The molecule has 2 bridgehead atoms. The van der Waals surface area contributed by atoms with E-state index in [2.05, 4.69) is 15.4 Å². The van der Waals surface area contributed by atoms with Crippen LogP contribution in [-0.2, 0) is 19.6 Å². The molecule has 2 amide bonds. The van der Waals surface area contributed by atoms with E-state index in [0.717, 1.165) is 25.7 Å². The number of rotatable bonds is 8. The predicted molar refractivity (Wildman–Crippen MR) is 95.4 cm³/mol. The lowest BCUT2D eigenvalue weighted by Crippen LogP contribution is -2.49. The van der Waals surface area contributed by atoms with Gasteiger partial charge in [0.15, 0.2) is 0 Å². The molecule has 0 spiro atoms. The van der Waals surface area contributed by atoms with Crippen LogP contribution in [0.5, 0.6) is 0 Å². The molecule has 2 atom stereocenters. The molecule has 8 nitrogen and oxygen atoms in total. The van der Waals surface area contributed by atoms with Crippen LogP contribution in [0.3, 0.4) is 0 Å². The molecular weight excluding hydrogens is 344 g/mol. The van der Waals surface area contributed by atoms with E-state index in [1.807, 2.05) is 0 Å². The number of hydrogen-bond donors (Lipinski definition) is 3. The molecule has 2 aliphatic heterocycles. The minimum absolute atomic E-state index is 0.0486. The second-order valence-corrected chi connectivity index (χ2v) is 9.31. The molecule has 0 aromatic carbocycles. The maximum Gasteiger partial charge on any atom is 0.235 e. The molecule has 2 rings (SSSR count). The number of carbonyl (C=O) groups excluding carboxylic acids is 2. The van der Waals surface area contributed by atoms with Crippen LogP contribution >= 0.6 is 0 Å². The lowest BCUT2D eigenvalue weighted by molar-refractivity contribution is -0.132. The van der Waals surface area contributed by atoms with Crippen LogP contribution in [0.25, 0.3) is 0 Å². The first kappa shape index (κ1) is 20.1. The van der Waals surface area contributed by atoms with Crippen molar-refractivity contribution in [3.63, 3.8) is 0 Å². The molecule has 2 saturated heterocycles. The molecule has 2 unspecified atom stereocenters. The SMILES string of the molecule is CC(C)NC(=O)CNS(=O)(=O)CCC(=O)N(C)C1CC2CCC(C1)N2. The Labute approximate surface area is 150 Å². The topological polar surface area (TPSA) is 108 Å².